The lowest BCUT2D eigenvalue weighted by Crippen LogP contribution is -2.19. The van der Waals surface area contributed by atoms with Crippen LogP contribution in [0.2, 0.25) is 0 Å². The maximum Gasteiger partial charge on any atom is 0.417 e. The Morgan fingerprint density at radius 1 is 1.09 bits per heavy atom. The lowest BCUT2D eigenvalue weighted by atomic mass is 9.99. The molecular formula is C23H22F3N7OS. The Morgan fingerprint density at radius 3 is 2.46 bits per heavy atom. The molecule has 0 saturated carbocycles. The number of halogens is 3. The first-order valence-electron chi connectivity index (χ1n) is 10.6. The number of nitrogens with two attached hydrogens (primary N) is 2. The molecule has 4 rings (SSSR count). The lowest BCUT2D eigenvalue weighted by molar-refractivity contribution is -0.137. The van der Waals surface area contributed by atoms with Crippen molar-refractivity contribution in [2.45, 2.75) is 26.4 Å². The molecule has 0 amide bonds. The van der Waals surface area contributed by atoms with Gasteiger partial charge in [0.05, 0.1) is 5.56 Å². The molecule has 0 saturated heterocycles. The van der Waals surface area contributed by atoms with Crippen LogP contribution in [0.5, 0.6) is 0 Å². The van der Waals surface area contributed by atoms with E-state index in [0.29, 0.717) is 34.7 Å². The van der Waals surface area contributed by atoms with Gasteiger partial charge in [-0.1, -0.05) is 19.1 Å². The fourth-order valence-corrected chi connectivity index (χ4v) is 4.49. The molecule has 12 heteroatoms. The zero-order chi connectivity index (χ0) is 25.3. The van der Waals surface area contributed by atoms with Gasteiger partial charge in [0.15, 0.2) is 11.0 Å². The van der Waals surface area contributed by atoms with Crippen LogP contribution in [-0.4, -0.2) is 26.5 Å². The zero-order valence-electron chi connectivity index (χ0n) is 18.8. The van der Waals surface area contributed by atoms with E-state index in [1.54, 1.807) is 23.6 Å². The van der Waals surface area contributed by atoms with E-state index < -0.39 is 17.3 Å². The summed E-state index contributed by atoms with van der Waals surface area (Å²) in [4.78, 5) is 28.9. The highest BCUT2D eigenvalue weighted by molar-refractivity contribution is 7.14. The highest BCUT2D eigenvalue weighted by atomic mass is 32.1. The Balaban J connectivity index is 1.80. The lowest BCUT2D eigenvalue weighted by Gasteiger charge is -2.24. The molecule has 4 aromatic rings. The van der Waals surface area contributed by atoms with Crippen molar-refractivity contribution in [1.29, 1.82) is 0 Å². The van der Waals surface area contributed by atoms with Crippen LogP contribution in [0.1, 0.15) is 24.5 Å². The molecule has 0 fully saturated rings. The number of pyridine rings is 1. The number of benzene rings is 1. The highest BCUT2D eigenvalue weighted by Gasteiger charge is 2.34. The van der Waals surface area contributed by atoms with E-state index in [0.717, 1.165) is 18.2 Å². The summed E-state index contributed by atoms with van der Waals surface area (Å²) in [7, 11) is 0. The monoisotopic (exact) mass is 501 g/mol. The van der Waals surface area contributed by atoms with E-state index in [4.69, 9.17) is 11.5 Å². The van der Waals surface area contributed by atoms with Crippen LogP contribution in [-0.2, 0) is 6.18 Å². The Bertz CT molecular complexity index is 1410. The van der Waals surface area contributed by atoms with E-state index in [9.17, 15) is 18.0 Å². The van der Waals surface area contributed by atoms with Crippen LogP contribution in [0.3, 0.4) is 0 Å². The number of nitrogen functional groups attached to an aromatic ring is 2. The Hall–Kier alpha value is -3.93. The van der Waals surface area contributed by atoms with Crippen molar-refractivity contribution in [1.82, 2.24) is 19.9 Å². The third kappa shape index (κ3) is 5.11. The molecule has 3 heterocycles. The number of H-pyrrole nitrogens is 1. The number of hydrogen-bond donors (Lipinski definition) is 3. The van der Waals surface area contributed by atoms with Gasteiger partial charge in [0, 0.05) is 41.5 Å². The zero-order valence-corrected chi connectivity index (χ0v) is 19.7. The van der Waals surface area contributed by atoms with Gasteiger partial charge in [-0.3, -0.25) is 4.79 Å². The van der Waals surface area contributed by atoms with Gasteiger partial charge in [0.25, 0.3) is 0 Å². The first-order valence-corrected chi connectivity index (χ1v) is 11.5. The van der Waals surface area contributed by atoms with Crippen LogP contribution >= 0.6 is 11.3 Å². The van der Waals surface area contributed by atoms with Gasteiger partial charge in [-0.15, -0.1) is 11.3 Å². The number of nitrogens with zero attached hydrogens (tertiary/aromatic N) is 4. The Morgan fingerprint density at radius 2 is 1.80 bits per heavy atom. The van der Waals surface area contributed by atoms with Crippen molar-refractivity contribution in [3.05, 3.63) is 63.4 Å². The van der Waals surface area contributed by atoms with Gasteiger partial charge in [-0.05, 0) is 30.5 Å². The Kier molecular flexibility index (Phi) is 6.48. The minimum Gasteiger partial charge on any atom is -0.384 e. The second-order valence-corrected chi connectivity index (χ2v) is 8.67. The predicted octanol–water partition coefficient (Wildman–Crippen LogP) is 5.00. The largest absolute Gasteiger partial charge is 0.417 e. The first-order chi connectivity index (χ1) is 16.6. The summed E-state index contributed by atoms with van der Waals surface area (Å²) < 4.78 is 41.0. The summed E-state index contributed by atoms with van der Waals surface area (Å²) in [5, 5.41) is 2.39. The molecule has 0 spiro atoms. The predicted molar refractivity (Wildman–Crippen MR) is 131 cm³/mol. The number of hydrogen-bond acceptors (Lipinski definition) is 8. The smallest absolute Gasteiger partial charge is 0.384 e. The van der Waals surface area contributed by atoms with Crippen molar-refractivity contribution >= 4 is 33.8 Å². The second-order valence-electron chi connectivity index (χ2n) is 7.83. The standard InChI is InChI=1S/C23H22F3N7OS/c1-3-6-33(22-30-16(11-35-22)21-31-18(27)9-19(28)32-21)17-7-13(5-4-12(17)2)14-10-29-20(34)8-15(14)23(24,25)26/h4-5,7-11H,3,6H2,1-2H3,(H,29,34)(H4,27,28,31,32). The average molecular weight is 502 g/mol. The van der Waals surface area contributed by atoms with Crippen LogP contribution in [0, 0.1) is 6.92 Å². The molecule has 3 aromatic heterocycles. The molecule has 0 aliphatic carbocycles. The van der Waals surface area contributed by atoms with Crippen molar-refractivity contribution < 1.29 is 13.2 Å². The molecule has 0 aliphatic rings. The topological polar surface area (TPSA) is 127 Å². The maximum atomic E-state index is 13.7. The minimum absolute atomic E-state index is 0.113. The molecule has 5 N–H and O–H groups in total. The van der Waals surface area contributed by atoms with Gasteiger partial charge in [-0.25, -0.2) is 15.0 Å². The van der Waals surface area contributed by atoms with Crippen LogP contribution in [0.4, 0.5) is 35.6 Å². The SMILES string of the molecule is CCCN(c1nc(-c2nc(N)cc(N)n2)cs1)c1cc(-c2c[nH]c(=O)cc2C(F)(F)F)ccc1C. The number of alkyl halides is 3. The molecule has 8 nitrogen and oxygen atoms in total. The average Bonchev–Trinajstić information content (AvgIpc) is 3.27. The van der Waals surface area contributed by atoms with Crippen molar-refractivity contribution in [3.63, 3.8) is 0 Å². The van der Waals surface area contributed by atoms with Gasteiger partial charge >= 0.3 is 6.18 Å². The molecule has 0 aliphatic heterocycles. The minimum atomic E-state index is -4.68. The van der Waals surface area contributed by atoms with Gasteiger partial charge in [0.2, 0.25) is 5.56 Å². The number of aromatic nitrogens is 4. The van der Waals surface area contributed by atoms with E-state index in [1.165, 1.54) is 17.4 Å². The van der Waals surface area contributed by atoms with Crippen LogP contribution < -0.4 is 21.9 Å². The number of thiazole rings is 1. The molecular weight excluding hydrogens is 479 g/mol. The molecule has 0 bridgehead atoms. The maximum absolute atomic E-state index is 13.7. The van der Waals surface area contributed by atoms with E-state index in [2.05, 4.69) is 19.9 Å². The number of aromatic amines is 1. The highest BCUT2D eigenvalue weighted by Crippen LogP contribution is 2.39. The number of anilines is 4. The normalized spacial score (nSPS) is 11.6. The second kappa shape index (κ2) is 9.37. The number of aryl methyl sites for hydroxylation is 1. The third-order valence-corrected chi connectivity index (χ3v) is 6.07. The van der Waals surface area contributed by atoms with Gasteiger partial charge in [0.1, 0.15) is 17.3 Å². The van der Waals surface area contributed by atoms with Crippen LogP contribution in [0.25, 0.3) is 22.6 Å². The molecule has 182 valence electrons. The van der Waals surface area contributed by atoms with Crippen molar-refractivity contribution in [3.8, 4) is 22.6 Å². The molecule has 35 heavy (non-hydrogen) atoms. The number of rotatable bonds is 6. The first kappa shape index (κ1) is 24.2. The molecule has 0 radical (unpaired) electrons. The summed E-state index contributed by atoms with van der Waals surface area (Å²) in [6, 6.07) is 7.03. The van der Waals surface area contributed by atoms with E-state index in [-0.39, 0.29) is 23.0 Å². The van der Waals surface area contributed by atoms with Crippen molar-refractivity contribution in [2.24, 2.45) is 0 Å². The molecule has 1 aromatic carbocycles. The number of nitrogens with one attached hydrogen (secondary N) is 1. The quantitative estimate of drug-likeness (QED) is 0.339. The van der Waals surface area contributed by atoms with Gasteiger partial charge < -0.3 is 21.4 Å². The summed E-state index contributed by atoms with van der Waals surface area (Å²) in [5.41, 5.74) is 12.0. The molecule has 0 atom stereocenters. The van der Waals surface area contributed by atoms with E-state index >= 15 is 0 Å². The summed E-state index contributed by atoms with van der Waals surface area (Å²) in [6.07, 6.45) is -2.83. The van der Waals surface area contributed by atoms with Gasteiger partial charge in [-0.2, -0.15) is 13.2 Å². The Labute approximate surface area is 202 Å². The summed E-state index contributed by atoms with van der Waals surface area (Å²) >= 11 is 1.34. The van der Waals surface area contributed by atoms with Crippen molar-refractivity contribution in [2.75, 3.05) is 22.9 Å². The van der Waals surface area contributed by atoms with Crippen LogP contribution in [0.15, 0.2) is 46.7 Å². The summed E-state index contributed by atoms with van der Waals surface area (Å²) in [5.74, 6) is 0.727. The third-order valence-electron chi connectivity index (χ3n) is 5.21. The van der Waals surface area contributed by atoms with E-state index in [1.807, 2.05) is 18.7 Å². The summed E-state index contributed by atoms with van der Waals surface area (Å²) in [6.45, 7) is 4.43. The fourth-order valence-electron chi connectivity index (χ4n) is 3.65. The molecule has 0 unspecified atom stereocenters. The fraction of sp³-hybridized carbons (Fsp3) is 0.217.